The maximum atomic E-state index is 4.47. The van der Waals surface area contributed by atoms with E-state index in [1.54, 1.807) is 0 Å². The summed E-state index contributed by atoms with van der Waals surface area (Å²) in [5.74, 6) is 1.71. The van der Waals surface area contributed by atoms with Crippen molar-refractivity contribution in [2.75, 3.05) is 50.5 Å². The van der Waals surface area contributed by atoms with E-state index < -0.39 is 0 Å². The molecule has 1 aromatic heterocycles. The first-order valence-electron chi connectivity index (χ1n) is 5.74. The number of anilines is 2. The van der Waals surface area contributed by atoms with Crippen LogP contribution in [0.15, 0.2) is 12.3 Å². The summed E-state index contributed by atoms with van der Waals surface area (Å²) in [5.41, 5.74) is 0. The van der Waals surface area contributed by atoms with Crippen molar-refractivity contribution in [3.63, 3.8) is 0 Å². The molecular formula is C11H19N5. The Hall–Kier alpha value is -1.36. The molecule has 0 amide bonds. The molecule has 0 spiro atoms. The first-order chi connectivity index (χ1) is 7.79. The van der Waals surface area contributed by atoms with Crippen LogP contribution in [0, 0.1) is 0 Å². The molecule has 1 aromatic rings. The predicted octanol–water partition coefficient (Wildman–Crippen LogP) is 0.660. The molecular weight excluding hydrogens is 202 g/mol. The van der Waals surface area contributed by atoms with Crippen LogP contribution in [0.4, 0.5) is 11.8 Å². The van der Waals surface area contributed by atoms with Crippen molar-refractivity contribution in [1.29, 1.82) is 0 Å². The molecule has 0 aliphatic carbocycles. The molecule has 0 atom stereocenters. The van der Waals surface area contributed by atoms with Gasteiger partial charge >= 0.3 is 0 Å². The summed E-state index contributed by atoms with van der Waals surface area (Å²) in [6.07, 6.45) is 3.00. The molecule has 5 heteroatoms. The van der Waals surface area contributed by atoms with Gasteiger partial charge in [-0.15, -0.1) is 0 Å². The topological polar surface area (TPSA) is 44.3 Å². The van der Waals surface area contributed by atoms with E-state index in [2.05, 4.69) is 32.1 Å². The van der Waals surface area contributed by atoms with E-state index in [9.17, 15) is 0 Å². The maximum absolute atomic E-state index is 4.47. The van der Waals surface area contributed by atoms with Gasteiger partial charge in [-0.05, 0) is 26.1 Å². The fourth-order valence-electron chi connectivity index (χ4n) is 1.92. The lowest BCUT2D eigenvalue weighted by Gasteiger charge is -2.21. The highest BCUT2D eigenvalue weighted by molar-refractivity contribution is 5.42. The molecule has 1 aliphatic rings. The summed E-state index contributed by atoms with van der Waals surface area (Å²) in [4.78, 5) is 13.3. The molecule has 0 aromatic carbocycles. The van der Waals surface area contributed by atoms with Gasteiger partial charge in [-0.2, -0.15) is 4.98 Å². The highest BCUT2D eigenvalue weighted by Gasteiger charge is 2.13. The third-order valence-electron chi connectivity index (χ3n) is 2.91. The largest absolute Gasteiger partial charge is 0.357 e. The number of nitrogens with zero attached hydrogens (tertiary/aromatic N) is 4. The third kappa shape index (κ3) is 2.61. The SMILES string of the molecule is CNc1nccc(N2CCCN(C)CC2)n1. The quantitative estimate of drug-likeness (QED) is 0.795. The van der Waals surface area contributed by atoms with Crippen molar-refractivity contribution in [1.82, 2.24) is 14.9 Å². The Kier molecular flexibility index (Phi) is 3.56. The molecule has 2 heterocycles. The zero-order valence-corrected chi connectivity index (χ0v) is 9.98. The van der Waals surface area contributed by atoms with Gasteiger partial charge in [0.2, 0.25) is 5.95 Å². The summed E-state index contributed by atoms with van der Waals surface area (Å²) in [6, 6.07) is 1.98. The monoisotopic (exact) mass is 221 g/mol. The van der Waals surface area contributed by atoms with E-state index in [1.165, 1.54) is 13.0 Å². The number of nitrogens with one attached hydrogen (secondary N) is 1. The molecule has 0 unspecified atom stereocenters. The molecule has 1 N–H and O–H groups in total. The second-order valence-corrected chi connectivity index (χ2v) is 4.13. The number of hydrogen-bond acceptors (Lipinski definition) is 5. The zero-order chi connectivity index (χ0) is 11.4. The lowest BCUT2D eigenvalue weighted by atomic mass is 10.4. The van der Waals surface area contributed by atoms with Gasteiger partial charge in [0.15, 0.2) is 0 Å². The molecule has 1 fully saturated rings. The molecule has 5 nitrogen and oxygen atoms in total. The zero-order valence-electron chi connectivity index (χ0n) is 9.98. The van der Waals surface area contributed by atoms with Crippen molar-refractivity contribution < 1.29 is 0 Å². The van der Waals surface area contributed by atoms with Gasteiger partial charge in [0.25, 0.3) is 0 Å². The Labute approximate surface area is 96.5 Å². The Bertz CT molecular complexity index is 341. The summed E-state index contributed by atoms with van der Waals surface area (Å²) in [7, 11) is 4.01. The molecule has 1 aliphatic heterocycles. The van der Waals surface area contributed by atoms with Gasteiger partial charge in [0.05, 0.1) is 0 Å². The first kappa shape index (κ1) is 11.1. The van der Waals surface area contributed by atoms with Gasteiger partial charge in [-0.25, -0.2) is 4.98 Å². The van der Waals surface area contributed by atoms with E-state index in [0.717, 1.165) is 25.5 Å². The Balaban J connectivity index is 2.10. The van der Waals surface area contributed by atoms with Crippen LogP contribution in [0.1, 0.15) is 6.42 Å². The van der Waals surface area contributed by atoms with Crippen LogP contribution in [0.5, 0.6) is 0 Å². The fourth-order valence-corrected chi connectivity index (χ4v) is 1.92. The minimum atomic E-state index is 0.690. The molecule has 2 rings (SSSR count). The smallest absolute Gasteiger partial charge is 0.224 e. The summed E-state index contributed by atoms with van der Waals surface area (Å²) < 4.78 is 0. The molecule has 1 saturated heterocycles. The number of aromatic nitrogens is 2. The highest BCUT2D eigenvalue weighted by atomic mass is 15.3. The minimum Gasteiger partial charge on any atom is -0.357 e. The first-order valence-corrected chi connectivity index (χ1v) is 5.74. The van der Waals surface area contributed by atoms with E-state index in [-0.39, 0.29) is 0 Å². The predicted molar refractivity (Wildman–Crippen MR) is 65.9 cm³/mol. The molecule has 0 radical (unpaired) electrons. The van der Waals surface area contributed by atoms with Gasteiger partial charge in [-0.1, -0.05) is 0 Å². The fraction of sp³-hybridized carbons (Fsp3) is 0.636. The van der Waals surface area contributed by atoms with Crippen LogP contribution in [0.2, 0.25) is 0 Å². The van der Waals surface area contributed by atoms with Gasteiger partial charge in [0.1, 0.15) is 5.82 Å². The van der Waals surface area contributed by atoms with Crippen molar-refractivity contribution in [2.24, 2.45) is 0 Å². The minimum absolute atomic E-state index is 0.690. The molecule has 16 heavy (non-hydrogen) atoms. The second-order valence-electron chi connectivity index (χ2n) is 4.13. The van der Waals surface area contributed by atoms with Gasteiger partial charge < -0.3 is 15.1 Å². The van der Waals surface area contributed by atoms with E-state index in [0.29, 0.717) is 5.95 Å². The van der Waals surface area contributed by atoms with Crippen LogP contribution in [-0.2, 0) is 0 Å². The summed E-state index contributed by atoms with van der Waals surface area (Å²) in [6.45, 7) is 4.38. The Morgan fingerprint density at radius 3 is 2.94 bits per heavy atom. The molecule has 0 bridgehead atoms. The molecule has 88 valence electrons. The average Bonchev–Trinajstić information content (AvgIpc) is 2.54. The summed E-state index contributed by atoms with van der Waals surface area (Å²) in [5, 5.41) is 2.97. The Morgan fingerprint density at radius 2 is 2.12 bits per heavy atom. The number of rotatable bonds is 2. The van der Waals surface area contributed by atoms with E-state index in [4.69, 9.17) is 0 Å². The summed E-state index contributed by atoms with van der Waals surface area (Å²) >= 11 is 0. The third-order valence-corrected chi connectivity index (χ3v) is 2.91. The van der Waals surface area contributed by atoms with Crippen molar-refractivity contribution in [3.8, 4) is 0 Å². The van der Waals surface area contributed by atoms with Gasteiger partial charge in [0, 0.05) is 32.9 Å². The normalized spacial score (nSPS) is 18.2. The van der Waals surface area contributed by atoms with Crippen LogP contribution in [0.3, 0.4) is 0 Å². The molecule has 0 saturated carbocycles. The van der Waals surface area contributed by atoms with Crippen molar-refractivity contribution in [3.05, 3.63) is 12.3 Å². The van der Waals surface area contributed by atoms with Crippen molar-refractivity contribution >= 4 is 11.8 Å². The standard InChI is InChI=1S/C11H19N5/c1-12-11-13-5-4-10(14-11)16-7-3-6-15(2)8-9-16/h4-5H,3,6-9H2,1-2H3,(H,12,13,14). The van der Waals surface area contributed by atoms with Crippen LogP contribution in [-0.4, -0.2) is 55.1 Å². The van der Waals surface area contributed by atoms with Gasteiger partial charge in [-0.3, -0.25) is 0 Å². The number of likely N-dealkylation sites (N-methyl/N-ethyl adjacent to an activating group) is 1. The van der Waals surface area contributed by atoms with Crippen LogP contribution in [0.25, 0.3) is 0 Å². The lowest BCUT2D eigenvalue weighted by Crippen LogP contribution is -2.29. The lowest BCUT2D eigenvalue weighted by molar-refractivity contribution is 0.360. The average molecular weight is 221 g/mol. The number of hydrogen-bond donors (Lipinski definition) is 1. The van der Waals surface area contributed by atoms with E-state index >= 15 is 0 Å². The highest BCUT2D eigenvalue weighted by Crippen LogP contribution is 2.14. The Morgan fingerprint density at radius 1 is 1.25 bits per heavy atom. The maximum Gasteiger partial charge on any atom is 0.224 e. The van der Waals surface area contributed by atoms with Crippen LogP contribution >= 0.6 is 0 Å². The second kappa shape index (κ2) is 5.12. The van der Waals surface area contributed by atoms with E-state index in [1.807, 2.05) is 19.3 Å². The van der Waals surface area contributed by atoms with Crippen LogP contribution < -0.4 is 10.2 Å². The van der Waals surface area contributed by atoms with Crippen molar-refractivity contribution in [2.45, 2.75) is 6.42 Å².